The lowest BCUT2D eigenvalue weighted by atomic mass is 10.1. The van der Waals surface area contributed by atoms with Crippen LogP contribution in [0.5, 0.6) is 0 Å². The van der Waals surface area contributed by atoms with Crippen LogP contribution in [0.2, 0.25) is 0 Å². The zero-order valence-corrected chi connectivity index (χ0v) is 12.9. The third-order valence-electron chi connectivity index (χ3n) is 3.59. The smallest absolute Gasteiger partial charge is 0.252 e. The van der Waals surface area contributed by atoms with Gasteiger partial charge in [0.25, 0.3) is 5.91 Å². The molecule has 1 aromatic carbocycles. The van der Waals surface area contributed by atoms with E-state index in [0.29, 0.717) is 29.8 Å². The lowest BCUT2D eigenvalue weighted by molar-refractivity contribution is 0.0953. The van der Waals surface area contributed by atoms with Gasteiger partial charge in [0.15, 0.2) is 0 Å². The van der Waals surface area contributed by atoms with E-state index in [0.717, 1.165) is 5.69 Å². The van der Waals surface area contributed by atoms with E-state index in [1.165, 1.54) is 12.3 Å². The van der Waals surface area contributed by atoms with Crippen LogP contribution in [0.4, 0.5) is 4.39 Å². The minimum atomic E-state index is -0.256. The Morgan fingerprint density at radius 2 is 1.75 bits per heavy atom. The van der Waals surface area contributed by atoms with Crippen LogP contribution in [0.3, 0.4) is 0 Å². The van der Waals surface area contributed by atoms with Gasteiger partial charge in [-0.25, -0.2) is 4.39 Å². The van der Waals surface area contributed by atoms with Gasteiger partial charge in [-0.1, -0.05) is 24.3 Å². The molecule has 0 saturated heterocycles. The highest BCUT2D eigenvalue weighted by molar-refractivity contribution is 5.94. The summed E-state index contributed by atoms with van der Waals surface area (Å²) in [6, 6.07) is 15.6. The predicted molar refractivity (Wildman–Crippen MR) is 89.9 cm³/mol. The number of hydrogen-bond acceptors (Lipinski definition) is 3. The van der Waals surface area contributed by atoms with Gasteiger partial charge >= 0.3 is 0 Å². The fraction of sp³-hybridized carbons (Fsp3) is 0.105. The maximum atomic E-state index is 13.5. The Kier molecular flexibility index (Phi) is 4.91. The molecule has 0 aliphatic rings. The van der Waals surface area contributed by atoms with Crippen molar-refractivity contribution in [2.24, 2.45) is 0 Å². The second-order valence-corrected chi connectivity index (χ2v) is 5.24. The molecule has 1 amide bonds. The van der Waals surface area contributed by atoms with Gasteiger partial charge in [-0.3, -0.25) is 14.8 Å². The molecule has 3 rings (SSSR count). The van der Waals surface area contributed by atoms with E-state index in [2.05, 4.69) is 15.3 Å². The summed E-state index contributed by atoms with van der Waals surface area (Å²) in [5.41, 5.74) is 2.51. The van der Waals surface area contributed by atoms with Gasteiger partial charge in [0.1, 0.15) is 5.82 Å². The number of nitrogens with zero attached hydrogens (tertiary/aromatic N) is 2. The summed E-state index contributed by atoms with van der Waals surface area (Å²) < 4.78 is 13.5. The summed E-state index contributed by atoms with van der Waals surface area (Å²) in [6.07, 6.45) is 3.65. The maximum absolute atomic E-state index is 13.5. The van der Waals surface area contributed by atoms with Crippen LogP contribution in [0.1, 0.15) is 15.9 Å². The molecule has 0 saturated carbocycles. The molecule has 2 aromatic heterocycles. The van der Waals surface area contributed by atoms with Gasteiger partial charge in [0.2, 0.25) is 0 Å². The van der Waals surface area contributed by atoms with Gasteiger partial charge < -0.3 is 5.32 Å². The number of pyridine rings is 2. The minimum Gasteiger partial charge on any atom is -0.352 e. The lowest BCUT2D eigenvalue weighted by Gasteiger charge is -2.06. The molecule has 0 bridgehead atoms. The van der Waals surface area contributed by atoms with Crippen LogP contribution in [0, 0.1) is 5.82 Å². The third kappa shape index (κ3) is 3.81. The van der Waals surface area contributed by atoms with E-state index in [1.807, 2.05) is 18.2 Å². The third-order valence-corrected chi connectivity index (χ3v) is 3.59. The van der Waals surface area contributed by atoms with Crippen LogP contribution in [-0.4, -0.2) is 22.4 Å². The Hall–Kier alpha value is -3.08. The Morgan fingerprint density at radius 3 is 2.46 bits per heavy atom. The summed E-state index contributed by atoms with van der Waals surface area (Å²) in [4.78, 5) is 20.6. The Morgan fingerprint density at radius 1 is 0.958 bits per heavy atom. The summed E-state index contributed by atoms with van der Waals surface area (Å²) >= 11 is 0. The molecule has 120 valence electrons. The van der Waals surface area contributed by atoms with E-state index in [-0.39, 0.29) is 11.7 Å². The molecule has 0 radical (unpaired) electrons. The van der Waals surface area contributed by atoms with Crippen molar-refractivity contribution < 1.29 is 9.18 Å². The molecule has 0 atom stereocenters. The molecular formula is C19H16FN3O. The van der Waals surface area contributed by atoms with Gasteiger partial charge in [0.05, 0.1) is 17.0 Å². The Labute approximate surface area is 139 Å². The van der Waals surface area contributed by atoms with Crippen LogP contribution in [0.25, 0.3) is 11.4 Å². The Bertz CT molecular complexity index is 820. The summed E-state index contributed by atoms with van der Waals surface area (Å²) in [5, 5.41) is 2.77. The highest BCUT2D eigenvalue weighted by atomic mass is 19.1. The average molecular weight is 321 g/mol. The molecule has 0 aliphatic heterocycles. The molecule has 4 nitrogen and oxygen atoms in total. The fourth-order valence-electron chi connectivity index (χ4n) is 2.31. The Balaban J connectivity index is 1.58. The van der Waals surface area contributed by atoms with Crippen molar-refractivity contribution >= 4 is 5.91 Å². The first-order chi connectivity index (χ1) is 11.7. The molecule has 0 aliphatic carbocycles. The van der Waals surface area contributed by atoms with Crippen LogP contribution in [0.15, 0.2) is 67.0 Å². The van der Waals surface area contributed by atoms with Crippen molar-refractivity contribution in [3.05, 3.63) is 83.9 Å². The van der Waals surface area contributed by atoms with E-state index in [9.17, 15) is 9.18 Å². The van der Waals surface area contributed by atoms with Crippen LogP contribution < -0.4 is 5.32 Å². The minimum absolute atomic E-state index is 0.230. The van der Waals surface area contributed by atoms with Gasteiger partial charge in [-0.05, 0) is 42.3 Å². The second-order valence-electron chi connectivity index (χ2n) is 5.24. The van der Waals surface area contributed by atoms with Crippen molar-refractivity contribution in [2.45, 2.75) is 6.42 Å². The SMILES string of the molecule is O=C(NCCc1ccccc1F)c1ccc(-c2ccccn2)nc1. The van der Waals surface area contributed by atoms with Crippen LogP contribution in [-0.2, 0) is 6.42 Å². The lowest BCUT2D eigenvalue weighted by Crippen LogP contribution is -2.26. The van der Waals surface area contributed by atoms with Crippen molar-refractivity contribution in [3.8, 4) is 11.4 Å². The molecular weight excluding hydrogens is 305 g/mol. The van der Waals surface area contributed by atoms with Crippen molar-refractivity contribution in [3.63, 3.8) is 0 Å². The number of rotatable bonds is 5. The normalized spacial score (nSPS) is 10.4. The fourth-order valence-corrected chi connectivity index (χ4v) is 2.31. The zero-order valence-electron chi connectivity index (χ0n) is 12.9. The maximum Gasteiger partial charge on any atom is 0.252 e. The summed E-state index contributed by atoms with van der Waals surface area (Å²) in [6.45, 7) is 0.363. The first-order valence-corrected chi connectivity index (χ1v) is 7.63. The molecule has 0 fully saturated rings. The number of amides is 1. The highest BCUT2D eigenvalue weighted by Gasteiger charge is 2.08. The molecule has 2 heterocycles. The molecule has 24 heavy (non-hydrogen) atoms. The topological polar surface area (TPSA) is 54.9 Å². The standard InChI is InChI=1S/C19H16FN3O/c20-16-6-2-1-5-14(16)10-12-22-19(24)15-8-9-18(23-13-15)17-7-3-4-11-21-17/h1-9,11,13H,10,12H2,(H,22,24). The van der Waals surface area contributed by atoms with E-state index < -0.39 is 0 Å². The molecule has 3 aromatic rings. The van der Waals surface area contributed by atoms with Crippen molar-refractivity contribution in [1.29, 1.82) is 0 Å². The largest absolute Gasteiger partial charge is 0.352 e. The van der Waals surface area contributed by atoms with Crippen molar-refractivity contribution in [2.75, 3.05) is 6.54 Å². The van der Waals surface area contributed by atoms with E-state index in [1.54, 1.807) is 36.5 Å². The van der Waals surface area contributed by atoms with E-state index in [4.69, 9.17) is 0 Å². The number of nitrogens with one attached hydrogen (secondary N) is 1. The van der Waals surface area contributed by atoms with Crippen LogP contribution >= 0.6 is 0 Å². The monoisotopic (exact) mass is 321 g/mol. The molecule has 0 unspecified atom stereocenters. The molecule has 0 spiro atoms. The predicted octanol–water partition coefficient (Wildman–Crippen LogP) is 3.26. The van der Waals surface area contributed by atoms with E-state index >= 15 is 0 Å². The highest BCUT2D eigenvalue weighted by Crippen LogP contribution is 2.13. The number of hydrogen-bond donors (Lipinski definition) is 1. The first-order valence-electron chi connectivity index (χ1n) is 7.63. The number of halogens is 1. The second kappa shape index (κ2) is 7.46. The summed E-state index contributed by atoms with van der Waals surface area (Å²) in [7, 11) is 0. The number of benzene rings is 1. The van der Waals surface area contributed by atoms with Gasteiger partial charge in [-0.2, -0.15) is 0 Å². The molecule has 1 N–H and O–H groups in total. The quantitative estimate of drug-likeness (QED) is 0.785. The van der Waals surface area contributed by atoms with Crippen molar-refractivity contribution in [1.82, 2.24) is 15.3 Å². The number of carbonyl (C=O) groups is 1. The average Bonchev–Trinajstić information content (AvgIpc) is 2.64. The molecule has 5 heteroatoms. The first kappa shape index (κ1) is 15.8. The number of carbonyl (C=O) groups excluding carboxylic acids is 1. The summed E-state index contributed by atoms with van der Waals surface area (Å²) in [5.74, 6) is -0.487. The van der Waals surface area contributed by atoms with Gasteiger partial charge in [0, 0.05) is 18.9 Å². The van der Waals surface area contributed by atoms with Gasteiger partial charge in [-0.15, -0.1) is 0 Å². The zero-order chi connectivity index (χ0) is 16.8. The number of aromatic nitrogens is 2.